The second kappa shape index (κ2) is 8.14. The molecule has 0 aromatic carbocycles. The predicted molar refractivity (Wildman–Crippen MR) is 85.1 cm³/mol. The summed E-state index contributed by atoms with van der Waals surface area (Å²) in [6.07, 6.45) is 10.3. The lowest BCUT2D eigenvalue weighted by atomic mass is 9.75. The van der Waals surface area contributed by atoms with Gasteiger partial charge in [-0.25, -0.2) is 0 Å². The molecule has 1 heterocycles. The number of piperidine rings is 1. The van der Waals surface area contributed by atoms with E-state index in [4.69, 9.17) is 0 Å². The van der Waals surface area contributed by atoms with Crippen LogP contribution in [0, 0.1) is 5.41 Å². The van der Waals surface area contributed by atoms with Crippen molar-refractivity contribution in [1.82, 2.24) is 10.2 Å². The fourth-order valence-corrected chi connectivity index (χ4v) is 3.82. The van der Waals surface area contributed by atoms with Gasteiger partial charge in [0.05, 0.1) is 6.61 Å². The number of nitrogens with one attached hydrogen (secondary N) is 1. The van der Waals surface area contributed by atoms with E-state index in [2.05, 4.69) is 17.1 Å². The number of aliphatic hydroxyl groups is 1. The topological polar surface area (TPSA) is 52.6 Å². The molecule has 0 radical (unpaired) electrons. The van der Waals surface area contributed by atoms with Gasteiger partial charge in [0.25, 0.3) is 0 Å². The molecule has 1 amide bonds. The highest BCUT2D eigenvalue weighted by Gasteiger charge is 2.34. The zero-order chi connectivity index (χ0) is 15.1. The number of nitrogens with zero attached hydrogens (tertiary/aromatic N) is 1. The fraction of sp³-hybridized carbons (Fsp3) is 0.941. The quantitative estimate of drug-likeness (QED) is 0.740. The summed E-state index contributed by atoms with van der Waals surface area (Å²) in [7, 11) is 0. The van der Waals surface area contributed by atoms with Crippen molar-refractivity contribution in [2.75, 3.05) is 26.2 Å². The number of rotatable bonds is 6. The molecule has 4 nitrogen and oxygen atoms in total. The molecule has 1 atom stereocenters. The lowest BCUT2D eigenvalue weighted by Crippen LogP contribution is -2.44. The van der Waals surface area contributed by atoms with Crippen LogP contribution >= 0.6 is 0 Å². The van der Waals surface area contributed by atoms with Crippen molar-refractivity contribution in [3.8, 4) is 0 Å². The van der Waals surface area contributed by atoms with E-state index < -0.39 is 0 Å². The van der Waals surface area contributed by atoms with Gasteiger partial charge in [0.2, 0.25) is 5.91 Å². The Morgan fingerprint density at radius 1 is 1.24 bits per heavy atom. The van der Waals surface area contributed by atoms with Crippen molar-refractivity contribution in [3.63, 3.8) is 0 Å². The van der Waals surface area contributed by atoms with Crippen molar-refractivity contribution < 1.29 is 9.90 Å². The predicted octanol–water partition coefficient (Wildman–Crippen LogP) is 2.31. The Kier molecular flexibility index (Phi) is 6.49. The van der Waals surface area contributed by atoms with Crippen LogP contribution in [-0.4, -0.2) is 48.2 Å². The molecular formula is C17H32N2O2. The monoisotopic (exact) mass is 296 g/mol. The van der Waals surface area contributed by atoms with Gasteiger partial charge >= 0.3 is 0 Å². The first-order valence-electron chi connectivity index (χ1n) is 8.79. The average Bonchev–Trinajstić information content (AvgIpc) is 2.52. The largest absolute Gasteiger partial charge is 0.395 e. The SMILES string of the molecule is CC1(C(=O)NCCCN2CCCC[C@@H]2CO)CCCCC1. The molecule has 2 N–H and O–H groups in total. The van der Waals surface area contributed by atoms with Crippen molar-refractivity contribution in [2.45, 2.75) is 70.8 Å². The van der Waals surface area contributed by atoms with Crippen LogP contribution in [-0.2, 0) is 4.79 Å². The summed E-state index contributed by atoms with van der Waals surface area (Å²) in [5, 5.41) is 12.5. The lowest BCUT2D eigenvalue weighted by molar-refractivity contribution is -0.131. The molecular weight excluding hydrogens is 264 g/mol. The van der Waals surface area contributed by atoms with E-state index in [1.165, 1.54) is 32.1 Å². The van der Waals surface area contributed by atoms with E-state index in [9.17, 15) is 9.90 Å². The van der Waals surface area contributed by atoms with E-state index in [1.807, 2.05) is 0 Å². The van der Waals surface area contributed by atoms with Gasteiger partial charge in [-0.15, -0.1) is 0 Å². The first-order chi connectivity index (χ1) is 10.2. The number of hydrogen-bond donors (Lipinski definition) is 2. The Morgan fingerprint density at radius 3 is 2.71 bits per heavy atom. The Hall–Kier alpha value is -0.610. The number of amides is 1. The third-order valence-corrected chi connectivity index (χ3v) is 5.37. The number of likely N-dealkylation sites (tertiary alicyclic amines) is 1. The zero-order valence-corrected chi connectivity index (χ0v) is 13.6. The normalized spacial score (nSPS) is 26.5. The highest BCUT2D eigenvalue weighted by Crippen LogP contribution is 2.35. The molecule has 2 fully saturated rings. The summed E-state index contributed by atoms with van der Waals surface area (Å²) in [6.45, 7) is 5.24. The molecule has 0 unspecified atom stereocenters. The van der Waals surface area contributed by atoms with Gasteiger partial charge < -0.3 is 10.4 Å². The minimum Gasteiger partial charge on any atom is -0.395 e. The smallest absolute Gasteiger partial charge is 0.225 e. The van der Waals surface area contributed by atoms with E-state index >= 15 is 0 Å². The van der Waals surface area contributed by atoms with Gasteiger partial charge in [-0.1, -0.05) is 32.6 Å². The molecule has 1 saturated heterocycles. The fourth-order valence-electron chi connectivity index (χ4n) is 3.82. The van der Waals surface area contributed by atoms with Crippen molar-refractivity contribution >= 4 is 5.91 Å². The standard InChI is InChI=1S/C17H32N2O2/c1-17(9-4-2-5-10-17)16(21)18-11-7-13-19-12-6-3-8-15(19)14-20/h15,20H,2-14H2,1H3,(H,18,21)/t15-/m1/s1. The molecule has 4 heteroatoms. The van der Waals surface area contributed by atoms with Crippen LogP contribution in [0.5, 0.6) is 0 Å². The van der Waals surface area contributed by atoms with Crippen molar-refractivity contribution in [1.29, 1.82) is 0 Å². The first-order valence-corrected chi connectivity index (χ1v) is 8.79. The van der Waals surface area contributed by atoms with Crippen LogP contribution in [0.15, 0.2) is 0 Å². The summed E-state index contributed by atoms with van der Waals surface area (Å²) in [5.41, 5.74) is -0.128. The van der Waals surface area contributed by atoms with Crippen molar-refractivity contribution in [3.05, 3.63) is 0 Å². The second-order valence-electron chi connectivity index (χ2n) is 7.10. The van der Waals surface area contributed by atoms with Crippen LogP contribution in [0.4, 0.5) is 0 Å². The molecule has 0 bridgehead atoms. The van der Waals surface area contributed by atoms with Crippen LogP contribution in [0.25, 0.3) is 0 Å². The summed E-state index contributed by atoms with van der Waals surface area (Å²) < 4.78 is 0. The van der Waals surface area contributed by atoms with E-state index in [1.54, 1.807) is 0 Å². The first kappa shape index (κ1) is 16.8. The Balaban J connectivity index is 1.65. The van der Waals surface area contributed by atoms with Crippen LogP contribution in [0.3, 0.4) is 0 Å². The maximum Gasteiger partial charge on any atom is 0.225 e. The van der Waals surface area contributed by atoms with Gasteiger partial charge in [0.1, 0.15) is 0 Å². The number of aliphatic hydroxyl groups excluding tert-OH is 1. The molecule has 0 spiro atoms. The Bertz CT molecular complexity index is 327. The molecule has 1 saturated carbocycles. The van der Waals surface area contributed by atoms with E-state index in [0.717, 1.165) is 45.3 Å². The highest BCUT2D eigenvalue weighted by molar-refractivity contribution is 5.82. The molecule has 2 rings (SSSR count). The number of carbonyl (C=O) groups is 1. The Labute approximate surface area is 129 Å². The summed E-state index contributed by atoms with van der Waals surface area (Å²) >= 11 is 0. The van der Waals surface area contributed by atoms with Crippen molar-refractivity contribution in [2.24, 2.45) is 5.41 Å². The molecule has 0 aromatic heterocycles. The average molecular weight is 296 g/mol. The molecule has 122 valence electrons. The van der Waals surface area contributed by atoms with Crippen LogP contribution in [0.2, 0.25) is 0 Å². The molecule has 1 aliphatic carbocycles. The minimum absolute atomic E-state index is 0.128. The molecule has 1 aliphatic heterocycles. The van der Waals surface area contributed by atoms with Crippen LogP contribution in [0.1, 0.15) is 64.7 Å². The zero-order valence-electron chi connectivity index (χ0n) is 13.6. The van der Waals surface area contributed by atoms with Gasteiger partial charge in [0, 0.05) is 24.5 Å². The summed E-state index contributed by atoms with van der Waals surface area (Å²) in [6, 6.07) is 0.338. The number of carbonyl (C=O) groups excluding carboxylic acids is 1. The molecule has 21 heavy (non-hydrogen) atoms. The minimum atomic E-state index is -0.128. The lowest BCUT2D eigenvalue weighted by Gasteiger charge is -2.35. The maximum atomic E-state index is 12.3. The molecule has 2 aliphatic rings. The second-order valence-corrected chi connectivity index (χ2v) is 7.10. The third-order valence-electron chi connectivity index (χ3n) is 5.37. The van der Waals surface area contributed by atoms with Crippen LogP contribution < -0.4 is 5.32 Å². The summed E-state index contributed by atoms with van der Waals surface area (Å²) in [4.78, 5) is 14.7. The van der Waals surface area contributed by atoms with Gasteiger partial charge in [-0.3, -0.25) is 9.69 Å². The maximum absolute atomic E-state index is 12.3. The van der Waals surface area contributed by atoms with Gasteiger partial charge in [-0.2, -0.15) is 0 Å². The highest BCUT2D eigenvalue weighted by atomic mass is 16.3. The molecule has 0 aromatic rings. The van der Waals surface area contributed by atoms with E-state index in [0.29, 0.717) is 6.04 Å². The van der Waals surface area contributed by atoms with Gasteiger partial charge in [0.15, 0.2) is 0 Å². The third kappa shape index (κ3) is 4.68. The van der Waals surface area contributed by atoms with Gasteiger partial charge in [-0.05, 0) is 38.6 Å². The summed E-state index contributed by atoms with van der Waals surface area (Å²) in [5.74, 6) is 0.250. The number of hydrogen-bond acceptors (Lipinski definition) is 3. The Morgan fingerprint density at radius 2 is 2.00 bits per heavy atom. The van der Waals surface area contributed by atoms with E-state index in [-0.39, 0.29) is 17.9 Å².